The maximum Gasteiger partial charge on any atom is 0.308 e. The Hall–Kier alpha value is -1.89. The Morgan fingerprint density at radius 3 is 1.89 bits per heavy atom. The topological polar surface area (TPSA) is 76.1 Å². The van der Waals surface area contributed by atoms with Crippen LogP contribution in [0.2, 0.25) is 0 Å². The van der Waals surface area contributed by atoms with Gasteiger partial charge in [0, 0.05) is 25.9 Å². The van der Waals surface area contributed by atoms with E-state index in [0.29, 0.717) is 38.4 Å². The first-order chi connectivity index (χ1) is 21.2. The fraction of sp³-hybridized carbons (Fsp3) is 0.865. The van der Waals surface area contributed by atoms with Crippen molar-refractivity contribution in [2.24, 2.45) is 11.8 Å². The maximum atomic E-state index is 13.2. The van der Waals surface area contributed by atoms with E-state index in [-0.39, 0.29) is 37.0 Å². The van der Waals surface area contributed by atoms with Gasteiger partial charge in [-0.1, -0.05) is 111 Å². The molecule has 7 nitrogen and oxygen atoms in total. The van der Waals surface area contributed by atoms with Crippen molar-refractivity contribution in [1.82, 2.24) is 9.80 Å². The second-order valence-electron chi connectivity index (χ2n) is 12.9. The number of allylic oxidation sites excluding steroid dienone is 2. The van der Waals surface area contributed by atoms with E-state index in [9.17, 15) is 14.4 Å². The van der Waals surface area contributed by atoms with Crippen LogP contribution in [0, 0.1) is 11.8 Å². The first-order valence-corrected chi connectivity index (χ1v) is 18.2. The van der Waals surface area contributed by atoms with E-state index in [4.69, 9.17) is 9.47 Å². The van der Waals surface area contributed by atoms with Gasteiger partial charge in [-0.05, 0) is 51.5 Å². The van der Waals surface area contributed by atoms with Crippen LogP contribution in [-0.2, 0) is 23.9 Å². The monoisotopic (exact) mass is 623 g/mol. The third-order valence-electron chi connectivity index (χ3n) is 8.02. The standard InChI is InChI=1S/C37H70N2O5/c1-7-10-13-16-18-21-24-34(23-20-15-12-9-3)37(42)44-31-29-39(35(40)26-27-38(6)32-33(4)5)28-30-43-36(41)25-22-19-17-14-11-8-2/h11,14,33-34H,7-10,12-13,15-32H2,1-6H3/b14-11-. The predicted octanol–water partition coefficient (Wildman–Crippen LogP) is 8.74. The molecule has 0 fully saturated rings. The molecule has 0 aliphatic carbocycles. The molecule has 1 unspecified atom stereocenters. The number of rotatable bonds is 30. The summed E-state index contributed by atoms with van der Waals surface area (Å²) in [5.41, 5.74) is 0. The van der Waals surface area contributed by atoms with Gasteiger partial charge in [-0.25, -0.2) is 0 Å². The zero-order chi connectivity index (χ0) is 32.8. The highest BCUT2D eigenvalue weighted by Crippen LogP contribution is 2.20. The Morgan fingerprint density at radius 1 is 0.682 bits per heavy atom. The molecule has 0 bridgehead atoms. The molecule has 44 heavy (non-hydrogen) atoms. The SMILES string of the molecule is CC/C=C\CCCCC(=O)OCCN(CCOC(=O)C(CCCCCC)CCCCCCCC)C(=O)CCN(C)CC(C)C. The van der Waals surface area contributed by atoms with E-state index in [1.807, 2.05) is 7.05 Å². The van der Waals surface area contributed by atoms with Gasteiger partial charge >= 0.3 is 11.9 Å². The van der Waals surface area contributed by atoms with Crippen LogP contribution in [0.3, 0.4) is 0 Å². The summed E-state index contributed by atoms with van der Waals surface area (Å²) in [6.07, 6.45) is 22.4. The van der Waals surface area contributed by atoms with Crippen LogP contribution in [0.15, 0.2) is 12.2 Å². The summed E-state index contributed by atoms with van der Waals surface area (Å²) in [7, 11) is 2.03. The Balaban J connectivity index is 4.93. The third-order valence-corrected chi connectivity index (χ3v) is 8.02. The van der Waals surface area contributed by atoms with Gasteiger partial charge in [-0.3, -0.25) is 14.4 Å². The van der Waals surface area contributed by atoms with Crippen molar-refractivity contribution in [2.75, 3.05) is 46.4 Å². The molecule has 0 aromatic carbocycles. The van der Waals surface area contributed by atoms with Gasteiger partial charge in [0.25, 0.3) is 0 Å². The molecule has 0 spiro atoms. The van der Waals surface area contributed by atoms with E-state index in [2.05, 4.69) is 51.7 Å². The van der Waals surface area contributed by atoms with Crippen LogP contribution in [0.25, 0.3) is 0 Å². The summed E-state index contributed by atoms with van der Waals surface area (Å²) in [6, 6.07) is 0. The van der Waals surface area contributed by atoms with Crippen molar-refractivity contribution < 1.29 is 23.9 Å². The van der Waals surface area contributed by atoms with Gasteiger partial charge in [0.15, 0.2) is 0 Å². The Morgan fingerprint density at radius 2 is 1.27 bits per heavy atom. The fourth-order valence-electron chi connectivity index (χ4n) is 5.42. The molecule has 0 aromatic rings. The summed E-state index contributed by atoms with van der Waals surface area (Å²) in [6.45, 7) is 13.4. The molecule has 258 valence electrons. The number of carbonyl (C=O) groups excluding carboxylic acids is 3. The van der Waals surface area contributed by atoms with Crippen molar-refractivity contribution >= 4 is 17.8 Å². The summed E-state index contributed by atoms with van der Waals surface area (Å²) >= 11 is 0. The van der Waals surface area contributed by atoms with E-state index < -0.39 is 0 Å². The number of amides is 1. The summed E-state index contributed by atoms with van der Waals surface area (Å²) in [4.78, 5) is 42.4. The van der Waals surface area contributed by atoms with Gasteiger partial charge in [0.1, 0.15) is 13.2 Å². The molecular formula is C37H70N2O5. The molecule has 0 aromatic heterocycles. The van der Waals surface area contributed by atoms with Crippen LogP contribution < -0.4 is 0 Å². The quantitative estimate of drug-likeness (QED) is 0.0453. The molecule has 0 N–H and O–H groups in total. The van der Waals surface area contributed by atoms with Gasteiger partial charge in [-0.2, -0.15) is 0 Å². The highest BCUT2D eigenvalue weighted by Gasteiger charge is 2.21. The van der Waals surface area contributed by atoms with Crippen LogP contribution in [-0.4, -0.2) is 74.1 Å². The van der Waals surface area contributed by atoms with Crippen LogP contribution >= 0.6 is 0 Å². The largest absolute Gasteiger partial charge is 0.464 e. The van der Waals surface area contributed by atoms with Gasteiger partial charge in [0.2, 0.25) is 5.91 Å². The van der Waals surface area contributed by atoms with Crippen molar-refractivity contribution in [3.05, 3.63) is 12.2 Å². The summed E-state index contributed by atoms with van der Waals surface area (Å²) < 4.78 is 11.2. The number of unbranched alkanes of at least 4 members (excludes halogenated alkanes) is 10. The van der Waals surface area contributed by atoms with Crippen molar-refractivity contribution in [3.63, 3.8) is 0 Å². The zero-order valence-corrected chi connectivity index (χ0v) is 29.7. The first kappa shape index (κ1) is 42.1. The van der Waals surface area contributed by atoms with Crippen LogP contribution in [0.5, 0.6) is 0 Å². The van der Waals surface area contributed by atoms with Crippen molar-refractivity contribution in [2.45, 2.75) is 150 Å². The zero-order valence-electron chi connectivity index (χ0n) is 29.7. The molecule has 0 aliphatic heterocycles. The fourth-order valence-corrected chi connectivity index (χ4v) is 5.42. The first-order valence-electron chi connectivity index (χ1n) is 18.2. The Bertz CT molecular complexity index is 739. The van der Waals surface area contributed by atoms with E-state index in [1.54, 1.807) is 4.90 Å². The molecular weight excluding hydrogens is 552 g/mol. The average Bonchev–Trinajstić information content (AvgIpc) is 2.99. The minimum atomic E-state index is -0.222. The number of ether oxygens (including phenoxy) is 2. The molecule has 0 saturated heterocycles. The molecule has 0 heterocycles. The van der Waals surface area contributed by atoms with Gasteiger partial charge < -0.3 is 19.3 Å². The summed E-state index contributed by atoms with van der Waals surface area (Å²) in [5, 5.41) is 0. The van der Waals surface area contributed by atoms with Crippen LogP contribution in [0.1, 0.15) is 150 Å². The predicted molar refractivity (Wildman–Crippen MR) is 184 cm³/mol. The van der Waals surface area contributed by atoms with Crippen molar-refractivity contribution in [1.29, 1.82) is 0 Å². The lowest BCUT2D eigenvalue weighted by molar-refractivity contribution is -0.151. The lowest BCUT2D eigenvalue weighted by atomic mass is 9.94. The highest BCUT2D eigenvalue weighted by atomic mass is 16.5. The number of esters is 2. The van der Waals surface area contributed by atoms with E-state index in [1.165, 1.54) is 44.9 Å². The molecule has 0 aliphatic rings. The minimum Gasteiger partial charge on any atom is -0.464 e. The Kier molecular flexibility index (Phi) is 28.5. The molecule has 7 heteroatoms. The third kappa shape index (κ3) is 25.4. The number of hydrogen-bond acceptors (Lipinski definition) is 6. The lowest BCUT2D eigenvalue weighted by Gasteiger charge is -2.25. The molecule has 0 saturated carbocycles. The second kappa shape index (κ2) is 29.8. The molecule has 1 atom stereocenters. The number of hydrogen-bond donors (Lipinski definition) is 0. The van der Waals surface area contributed by atoms with E-state index >= 15 is 0 Å². The van der Waals surface area contributed by atoms with Crippen LogP contribution in [0.4, 0.5) is 0 Å². The molecule has 0 radical (unpaired) electrons. The highest BCUT2D eigenvalue weighted by molar-refractivity contribution is 5.76. The molecule has 0 rings (SSSR count). The maximum absolute atomic E-state index is 13.2. The average molecular weight is 623 g/mol. The van der Waals surface area contributed by atoms with Gasteiger partial charge in [0.05, 0.1) is 19.0 Å². The molecule has 1 amide bonds. The number of carbonyl (C=O) groups is 3. The number of nitrogens with zero attached hydrogens (tertiary/aromatic N) is 2. The smallest absolute Gasteiger partial charge is 0.308 e. The van der Waals surface area contributed by atoms with Gasteiger partial charge in [-0.15, -0.1) is 0 Å². The van der Waals surface area contributed by atoms with E-state index in [0.717, 1.165) is 64.3 Å². The summed E-state index contributed by atoms with van der Waals surface area (Å²) in [5.74, 6) is 0.114. The normalized spacial score (nSPS) is 12.3. The second-order valence-corrected chi connectivity index (χ2v) is 12.9. The van der Waals surface area contributed by atoms with Crippen molar-refractivity contribution in [3.8, 4) is 0 Å². The Labute approximate surface area is 271 Å². The lowest BCUT2D eigenvalue weighted by Crippen LogP contribution is -2.39. The minimum absolute atomic E-state index is 0.00129.